The van der Waals surface area contributed by atoms with Gasteiger partial charge in [-0.2, -0.15) is 0 Å². The molecular weight excluding hydrogens is 100 g/mol. The molecule has 0 aromatic heterocycles. The van der Waals surface area contributed by atoms with E-state index in [-0.39, 0.29) is 5.78 Å². The summed E-state index contributed by atoms with van der Waals surface area (Å²) in [5.41, 5.74) is 1.09. The van der Waals surface area contributed by atoms with E-state index >= 15 is 0 Å². The van der Waals surface area contributed by atoms with Crippen LogP contribution in [0, 0.1) is 6.08 Å². The highest BCUT2D eigenvalue weighted by molar-refractivity contribution is 5.92. The van der Waals surface area contributed by atoms with E-state index in [4.69, 9.17) is 0 Å². The predicted molar refractivity (Wildman–Crippen MR) is 31.2 cm³/mol. The van der Waals surface area contributed by atoms with Crippen molar-refractivity contribution < 1.29 is 4.79 Å². The third kappa shape index (κ3) is 1.06. The van der Waals surface area contributed by atoms with E-state index in [2.05, 4.69) is 6.08 Å². The Balaban J connectivity index is 2.73. The van der Waals surface area contributed by atoms with Crippen molar-refractivity contribution in [1.82, 2.24) is 0 Å². The maximum Gasteiger partial charge on any atom is 0.160 e. The number of carbonyl (C=O) groups excluding carboxylic acids is 1. The Hall–Kier alpha value is -0.850. The Labute approximate surface area is 48.7 Å². The van der Waals surface area contributed by atoms with Gasteiger partial charge in [-0.1, -0.05) is 11.6 Å². The molecule has 0 amide bonds. The van der Waals surface area contributed by atoms with Crippen molar-refractivity contribution in [3.63, 3.8) is 0 Å². The molecule has 0 spiro atoms. The van der Waals surface area contributed by atoms with Crippen LogP contribution in [0.3, 0.4) is 0 Å². The van der Waals surface area contributed by atoms with Crippen molar-refractivity contribution in [2.45, 2.75) is 13.3 Å². The fourth-order valence-electron chi connectivity index (χ4n) is 0.654. The van der Waals surface area contributed by atoms with Crippen LogP contribution >= 0.6 is 0 Å². The van der Waals surface area contributed by atoms with Crippen LogP contribution in [-0.4, -0.2) is 5.78 Å². The van der Waals surface area contributed by atoms with Gasteiger partial charge in [0.25, 0.3) is 0 Å². The molecular formula is C7H7O. The van der Waals surface area contributed by atoms with Crippen molar-refractivity contribution in [2.24, 2.45) is 0 Å². The van der Waals surface area contributed by atoms with E-state index in [1.165, 1.54) is 6.08 Å². The Kier molecular flexibility index (Phi) is 1.29. The Morgan fingerprint density at radius 2 is 2.50 bits per heavy atom. The molecule has 1 rings (SSSR count). The molecule has 41 valence electrons. The van der Waals surface area contributed by atoms with E-state index in [0.29, 0.717) is 6.42 Å². The third-order valence-corrected chi connectivity index (χ3v) is 1.03. The number of hydrogen-bond donors (Lipinski definition) is 0. The number of ketones is 1. The zero-order valence-corrected chi connectivity index (χ0v) is 4.77. The SMILES string of the molecule is CC1=C[C]=CC(=O)C1. The van der Waals surface area contributed by atoms with Crippen LogP contribution in [0.4, 0.5) is 0 Å². The summed E-state index contributed by atoms with van der Waals surface area (Å²) in [6.45, 7) is 1.93. The lowest BCUT2D eigenvalue weighted by atomic mass is 10.1. The molecule has 0 bridgehead atoms. The summed E-state index contributed by atoms with van der Waals surface area (Å²) >= 11 is 0. The monoisotopic (exact) mass is 107 g/mol. The first-order valence-electron chi connectivity index (χ1n) is 2.57. The first-order valence-corrected chi connectivity index (χ1v) is 2.57. The van der Waals surface area contributed by atoms with Crippen molar-refractivity contribution in [1.29, 1.82) is 0 Å². The van der Waals surface area contributed by atoms with Crippen LogP contribution in [-0.2, 0) is 4.79 Å². The molecule has 0 saturated carbocycles. The number of hydrogen-bond acceptors (Lipinski definition) is 1. The second kappa shape index (κ2) is 1.95. The number of rotatable bonds is 0. The molecule has 0 aromatic rings. The van der Waals surface area contributed by atoms with Crippen LogP contribution in [0.5, 0.6) is 0 Å². The minimum Gasteiger partial charge on any atom is -0.294 e. The Bertz CT molecular complexity index is 163. The van der Waals surface area contributed by atoms with Gasteiger partial charge >= 0.3 is 0 Å². The van der Waals surface area contributed by atoms with Crippen molar-refractivity contribution in [2.75, 3.05) is 0 Å². The minimum absolute atomic E-state index is 0.157. The van der Waals surface area contributed by atoms with Gasteiger partial charge in [0.2, 0.25) is 0 Å². The van der Waals surface area contributed by atoms with Crippen molar-refractivity contribution in [3.8, 4) is 0 Å². The molecule has 1 aliphatic carbocycles. The molecule has 0 unspecified atom stereocenters. The van der Waals surface area contributed by atoms with E-state index in [9.17, 15) is 4.79 Å². The van der Waals surface area contributed by atoms with Gasteiger partial charge < -0.3 is 0 Å². The summed E-state index contributed by atoms with van der Waals surface area (Å²) in [6.07, 6.45) is 6.64. The average molecular weight is 107 g/mol. The van der Waals surface area contributed by atoms with Gasteiger partial charge in [-0.05, 0) is 19.1 Å². The van der Waals surface area contributed by atoms with Gasteiger partial charge in [0, 0.05) is 6.42 Å². The normalized spacial score (nSPS) is 18.6. The zero-order valence-electron chi connectivity index (χ0n) is 4.77. The standard InChI is InChI=1S/C7H7O/c1-6-3-2-4-7(8)5-6/h3-4H,5H2,1H3. The van der Waals surface area contributed by atoms with Crippen LogP contribution in [0.1, 0.15) is 13.3 Å². The smallest absolute Gasteiger partial charge is 0.160 e. The maximum atomic E-state index is 10.5. The van der Waals surface area contributed by atoms with Crippen LogP contribution < -0.4 is 0 Å². The minimum atomic E-state index is 0.157. The average Bonchev–Trinajstić information content (AvgIpc) is 1.64. The molecule has 0 atom stereocenters. The molecule has 0 heterocycles. The first-order chi connectivity index (χ1) is 3.79. The molecule has 0 fully saturated rings. The summed E-state index contributed by atoms with van der Waals surface area (Å²) in [7, 11) is 0. The van der Waals surface area contributed by atoms with Crippen LogP contribution in [0.2, 0.25) is 0 Å². The lowest BCUT2D eigenvalue weighted by Crippen LogP contribution is -1.96. The number of allylic oxidation sites excluding steroid dienone is 4. The van der Waals surface area contributed by atoms with Gasteiger partial charge in [0.05, 0.1) is 0 Å². The molecule has 1 aliphatic rings. The van der Waals surface area contributed by atoms with E-state index in [1.807, 2.05) is 13.0 Å². The van der Waals surface area contributed by atoms with E-state index < -0.39 is 0 Å². The van der Waals surface area contributed by atoms with Gasteiger partial charge in [0.15, 0.2) is 5.78 Å². The highest BCUT2D eigenvalue weighted by Gasteiger charge is 2.00. The largest absolute Gasteiger partial charge is 0.294 e. The Morgan fingerprint density at radius 1 is 1.75 bits per heavy atom. The highest BCUT2D eigenvalue weighted by atomic mass is 16.1. The quantitative estimate of drug-likeness (QED) is 0.455. The van der Waals surface area contributed by atoms with E-state index in [1.54, 1.807) is 0 Å². The molecule has 1 nitrogen and oxygen atoms in total. The molecule has 8 heavy (non-hydrogen) atoms. The van der Waals surface area contributed by atoms with Gasteiger partial charge in [-0.3, -0.25) is 4.79 Å². The van der Waals surface area contributed by atoms with Crippen LogP contribution in [0.25, 0.3) is 0 Å². The second-order valence-electron chi connectivity index (χ2n) is 1.94. The molecule has 1 radical (unpaired) electrons. The molecule has 1 heteroatoms. The van der Waals surface area contributed by atoms with Gasteiger partial charge in [-0.25, -0.2) is 0 Å². The van der Waals surface area contributed by atoms with E-state index in [0.717, 1.165) is 5.57 Å². The molecule has 0 aromatic carbocycles. The summed E-state index contributed by atoms with van der Waals surface area (Å²) < 4.78 is 0. The summed E-state index contributed by atoms with van der Waals surface area (Å²) in [5, 5.41) is 0. The third-order valence-electron chi connectivity index (χ3n) is 1.03. The summed E-state index contributed by atoms with van der Waals surface area (Å²) in [4.78, 5) is 10.5. The topological polar surface area (TPSA) is 17.1 Å². The molecule has 0 aliphatic heterocycles. The highest BCUT2D eigenvalue weighted by Crippen LogP contribution is 2.05. The summed E-state index contributed by atoms with van der Waals surface area (Å²) in [5.74, 6) is 0.157. The molecule has 0 saturated heterocycles. The predicted octanol–water partition coefficient (Wildman–Crippen LogP) is 1.26. The van der Waals surface area contributed by atoms with Crippen molar-refractivity contribution >= 4 is 5.78 Å². The van der Waals surface area contributed by atoms with Gasteiger partial charge in [-0.15, -0.1) is 0 Å². The zero-order chi connectivity index (χ0) is 5.98. The summed E-state index contributed by atoms with van der Waals surface area (Å²) in [6, 6.07) is 0. The fourth-order valence-corrected chi connectivity index (χ4v) is 0.654. The van der Waals surface area contributed by atoms with Gasteiger partial charge in [0.1, 0.15) is 0 Å². The lowest BCUT2D eigenvalue weighted by Gasteiger charge is -1.97. The lowest BCUT2D eigenvalue weighted by molar-refractivity contribution is -0.114. The van der Waals surface area contributed by atoms with Crippen LogP contribution in [0.15, 0.2) is 17.7 Å². The second-order valence-corrected chi connectivity index (χ2v) is 1.94. The molecule has 0 N–H and O–H groups in total. The fraction of sp³-hybridized carbons (Fsp3) is 0.286. The maximum absolute atomic E-state index is 10.5. The van der Waals surface area contributed by atoms with Crippen molar-refractivity contribution in [3.05, 3.63) is 23.8 Å². The first kappa shape index (κ1) is 5.29. The number of carbonyl (C=O) groups is 1. The Morgan fingerprint density at radius 3 is 2.88 bits per heavy atom.